The van der Waals surface area contributed by atoms with Gasteiger partial charge in [0.1, 0.15) is 0 Å². The van der Waals surface area contributed by atoms with Gasteiger partial charge in [-0.2, -0.15) is 0 Å². The number of aromatic nitrogens is 1. The summed E-state index contributed by atoms with van der Waals surface area (Å²) in [5.74, 6) is 0. The third-order valence-corrected chi connectivity index (χ3v) is 9.36. The lowest BCUT2D eigenvalue weighted by atomic mass is 10.2. The molecule has 0 radical (unpaired) electrons. The van der Waals surface area contributed by atoms with Gasteiger partial charge in [0.2, 0.25) is 0 Å². The SMILES string of the molecule is CC(C)(C)[Si](C)(C)OC(CCI)C(Cl)=Cc1ccccn1. The first kappa shape index (κ1) is 19.1. The Bertz CT molecular complexity index is 471. The molecule has 1 heterocycles. The first-order valence-electron chi connectivity index (χ1n) is 7.19. The first-order chi connectivity index (χ1) is 9.67. The zero-order chi connectivity index (χ0) is 16.1. The molecule has 0 aliphatic heterocycles. The number of rotatable bonds is 6. The molecule has 2 nitrogen and oxygen atoms in total. The zero-order valence-corrected chi connectivity index (χ0v) is 17.4. The Morgan fingerprint density at radius 1 is 1.43 bits per heavy atom. The Kier molecular flexibility index (Phi) is 7.37. The van der Waals surface area contributed by atoms with E-state index in [1.807, 2.05) is 24.3 Å². The van der Waals surface area contributed by atoms with Gasteiger partial charge in [-0.15, -0.1) is 0 Å². The van der Waals surface area contributed by atoms with Crippen LogP contribution in [0.2, 0.25) is 18.1 Å². The Morgan fingerprint density at radius 3 is 2.57 bits per heavy atom. The number of hydrogen-bond acceptors (Lipinski definition) is 2. The van der Waals surface area contributed by atoms with E-state index in [-0.39, 0.29) is 11.1 Å². The molecule has 1 atom stereocenters. The van der Waals surface area contributed by atoms with Crippen molar-refractivity contribution in [3.8, 4) is 0 Å². The quantitative estimate of drug-likeness (QED) is 0.315. The van der Waals surface area contributed by atoms with E-state index in [4.69, 9.17) is 16.0 Å². The number of alkyl halides is 1. The number of halogens is 2. The molecule has 0 fully saturated rings. The molecule has 1 aromatic heterocycles. The second kappa shape index (κ2) is 8.08. The van der Waals surface area contributed by atoms with E-state index < -0.39 is 8.32 Å². The third kappa shape index (κ3) is 6.00. The monoisotopic (exact) mass is 437 g/mol. The lowest BCUT2D eigenvalue weighted by Crippen LogP contribution is -2.44. The van der Waals surface area contributed by atoms with Crippen molar-refractivity contribution in [3.05, 3.63) is 35.1 Å². The minimum absolute atomic E-state index is 0.0357. The Hall–Kier alpha value is 0.0869. The maximum Gasteiger partial charge on any atom is 0.192 e. The Morgan fingerprint density at radius 2 is 2.10 bits per heavy atom. The standard InChI is InChI=1S/C16H25ClINOSi/c1-16(2,3)21(4,5)20-15(9-10-18)14(17)12-13-8-6-7-11-19-13/h6-8,11-12,15H,9-10H2,1-5H3. The van der Waals surface area contributed by atoms with E-state index in [1.54, 1.807) is 6.20 Å². The molecule has 118 valence electrons. The molecule has 0 amide bonds. The van der Waals surface area contributed by atoms with Crippen molar-refractivity contribution in [2.45, 2.75) is 51.4 Å². The van der Waals surface area contributed by atoms with Crippen LogP contribution in [-0.4, -0.2) is 23.8 Å². The number of pyridine rings is 1. The molecule has 5 heteroatoms. The van der Waals surface area contributed by atoms with E-state index >= 15 is 0 Å². The van der Waals surface area contributed by atoms with E-state index in [0.29, 0.717) is 0 Å². The van der Waals surface area contributed by atoms with Crippen LogP contribution < -0.4 is 0 Å². The van der Waals surface area contributed by atoms with Gasteiger partial charge in [0.15, 0.2) is 8.32 Å². The van der Waals surface area contributed by atoms with Crippen molar-refractivity contribution in [1.82, 2.24) is 4.98 Å². The van der Waals surface area contributed by atoms with Crippen molar-refractivity contribution in [1.29, 1.82) is 0 Å². The van der Waals surface area contributed by atoms with Crippen LogP contribution in [0, 0.1) is 0 Å². The molecular weight excluding hydrogens is 413 g/mol. The number of hydrogen-bond donors (Lipinski definition) is 0. The second-order valence-corrected chi connectivity index (χ2v) is 12.9. The van der Waals surface area contributed by atoms with Gasteiger partial charge in [0.05, 0.1) is 11.8 Å². The van der Waals surface area contributed by atoms with Crippen molar-refractivity contribution < 1.29 is 4.43 Å². The van der Waals surface area contributed by atoms with Crippen LogP contribution in [0.4, 0.5) is 0 Å². The zero-order valence-electron chi connectivity index (χ0n) is 13.5. The molecule has 0 spiro atoms. The van der Waals surface area contributed by atoms with Gasteiger partial charge < -0.3 is 4.43 Å². The average molecular weight is 438 g/mol. The summed E-state index contributed by atoms with van der Waals surface area (Å²) in [5.41, 5.74) is 0.875. The topological polar surface area (TPSA) is 22.1 Å². The highest BCUT2D eigenvalue weighted by atomic mass is 127. The molecule has 0 saturated heterocycles. The third-order valence-electron chi connectivity index (χ3n) is 3.90. The van der Waals surface area contributed by atoms with Crippen LogP contribution in [0.3, 0.4) is 0 Å². The Labute approximate surface area is 148 Å². The molecule has 0 saturated carbocycles. The highest BCUT2D eigenvalue weighted by Crippen LogP contribution is 2.39. The molecule has 1 aromatic rings. The van der Waals surface area contributed by atoms with Crippen molar-refractivity contribution in [2.24, 2.45) is 0 Å². The smallest absolute Gasteiger partial charge is 0.192 e. The predicted octanol–water partition coefficient (Wildman–Crippen LogP) is 5.88. The summed E-state index contributed by atoms with van der Waals surface area (Å²) in [6, 6.07) is 5.82. The molecule has 21 heavy (non-hydrogen) atoms. The van der Waals surface area contributed by atoms with Crippen LogP contribution >= 0.6 is 34.2 Å². The normalized spacial score (nSPS) is 15.1. The van der Waals surface area contributed by atoms with Crippen molar-refractivity contribution >= 4 is 48.6 Å². The summed E-state index contributed by atoms with van der Waals surface area (Å²) in [5, 5.41) is 0.925. The van der Waals surface area contributed by atoms with Gasteiger partial charge in [-0.1, -0.05) is 61.0 Å². The van der Waals surface area contributed by atoms with E-state index in [2.05, 4.69) is 61.4 Å². The minimum atomic E-state index is -1.83. The summed E-state index contributed by atoms with van der Waals surface area (Å²) in [6.45, 7) is 11.3. The van der Waals surface area contributed by atoms with Crippen LogP contribution in [0.25, 0.3) is 6.08 Å². The summed E-state index contributed by atoms with van der Waals surface area (Å²) < 4.78 is 7.50. The molecule has 1 rings (SSSR count). The second-order valence-electron chi connectivity index (χ2n) is 6.63. The minimum Gasteiger partial charge on any atom is -0.409 e. The molecule has 0 aliphatic rings. The summed E-state index contributed by atoms with van der Waals surface area (Å²) in [6.07, 6.45) is 4.59. The highest BCUT2D eigenvalue weighted by molar-refractivity contribution is 14.1. The highest BCUT2D eigenvalue weighted by Gasteiger charge is 2.39. The van der Waals surface area contributed by atoms with Gasteiger partial charge in [0, 0.05) is 15.7 Å². The summed E-state index contributed by atoms with van der Waals surface area (Å²) in [4.78, 5) is 4.30. The van der Waals surface area contributed by atoms with Crippen LogP contribution in [0.1, 0.15) is 32.9 Å². The maximum atomic E-state index is 6.53. The molecule has 0 aliphatic carbocycles. The van der Waals surface area contributed by atoms with E-state index in [9.17, 15) is 0 Å². The molecule has 0 aromatic carbocycles. The van der Waals surface area contributed by atoms with E-state index in [1.165, 1.54) is 0 Å². The van der Waals surface area contributed by atoms with Gasteiger partial charge in [-0.05, 0) is 42.8 Å². The Balaban J connectivity index is 2.94. The largest absolute Gasteiger partial charge is 0.409 e. The van der Waals surface area contributed by atoms with Crippen LogP contribution in [-0.2, 0) is 4.43 Å². The summed E-state index contributed by atoms with van der Waals surface area (Å²) in [7, 11) is -1.83. The molecular formula is C16H25ClINOSi. The lowest BCUT2D eigenvalue weighted by molar-refractivity contribution is 0.219. The first-order valence-corrected chi connectivity index (χ1v) is 12.0. The molecule has 0 N–H and O–H groups in total. The van der Waals surface area contributed by atoms with Gasteiger partial charge in [-0.3, -0.25) is 4.98 Å². The lowest BCUT2D eigenvalue weighted by Gasteiger charge is -2.39. The van der Waals surface area contributed by atoms with Crippen molar-refractivity contribution in [2.75, 3.05) is 4.43 Å². The van der Waals surface area contributed by atoms with Gasteiger partial charge in [-0.25, -0.2) is 0 Å². The maximum absolute atomic E-state index is 6.53. The van der Waals surface area contributed by atoms with Crippen LogP contribution in [0.15, 0.2) is 29.4 Å². The summed E-state index contributed by atoms with van der Waals surface area (Å²) >= 11 is 8.90. The van der Waals surface area contributed by atoms with Crippen LogP contribution in [0.5, 0.6) is 0 Å². The molecule has 0 bridgehead atoms. The molecule has 1 unspecified atom stereocenters. The van der Waals surface area contributed by atoms with Gasteiger partial charge in [0.25, 0.3) is 0 Å². The predicted molar refractivity (Wildman–Crippen MR) is 104 cm³/mol. The average Bonchev–Trinajstić information content (AvgIpc) is 2.37. The van der Waals surface area contributed by atoms with E-state index in [0.717, 1.165) is 21.6 Å². The number of nitrogens with zero attached hydrogens (tertiary/aromatic N) is 1. The fourth-order valence-corrected chi connectivity index (χ4v) is 3.80. The van der Waals surface area contributed by atoms with Crippen molar-refractivity contribution in [3.63, 3.8) is 0 Å². The fourth-order valence-electron chi connectivity index (χ4n) is 1.58. The fraction of sp³-hybridized carbons (Fsp3) is 0.562. The van der Waals surface area contributed by atoms with Gasteiger partial charge >= 0.3 is 0 Å².